The van der Waals surface area contributed by atoms with Gasteiger partial charge in [0.15, 0.2) is 6.61 Å². The summed E-state index contributed by atoms with van der Waals surface area (Å²) in [6, 6.07) is 18.4. The van der Waals surface area contributed by atoms with Crippen LogP contribution in [0.1, 0.15) is 22.8 Å². The third-order valence-electron chi connectivity index (χ3n) is 4.55. The molecule has 166 valence electrons. The molecule has 0 radical (unpaired) electrons. The van der Waals surface area contributed by atoms with Crippen LogP contribution in [0.4, 0.5) is 5.69 Å². The minimum Gasteiger partial charge on any atom is -0.484 e. The SMILES string of the molecule is CCOC(=O)c1ccc(N(Cc2c(Cl)cccc2Cl)C(=O)COc2ccc(Cl)cc2)cc1. The lowest BCUT2D eigenvalue weighted by molar-refractivity contribution is -0.120. The van der Waals surface area contributed by atoms with Gasteiger partial charge in [0.1, 0.15) is 5.75 Å². The zero-order valence-corrected chi connectivity index (χ0v) is 19.5. The maximum Gasteiger partial charge on any atom is 0.338 e. The molecule has 0 aliphatic rings. The van der Waals surface area contributed by atoms with Crippen LogP contribution in [0.2, 0.25) is 15.1 Å². The Labute approximate surface area is 201 Å². The molecule has 0 saturated carbocycles. The van der Waals surface area contributed by atoms with E-state index in [1.165, 1.54) is 4.90 Å². The van der Waals surface area contributed by atoms with Gasteiger partial charge in [0, 0.05) is 26.3 Å². The van der Waals surface area contributed by atoms with E-state index >= 15 is 0 Å². The Kier molecular flexibility index (Phi) is 8.39. The minimum atomic E-state index is -0.433. The van der Waals surface area contributed by atoms with Gasteiger partial charge in [-0.05, 0) is 67.6 Å². The number of rotatable bonds is 8. The summed E-state index contributed by atoms with van der Waals surface area (Å²) in [6.07, 6.45) is 0. The van der Waals surface area contributed by atoms with Crippen LogP contribution in [-0.2, 0) is 16.1 Å². The van der Waals surface area contributed by atoms with Crippen LogP contribution in [0.5, 0.6) is 5.75 Å². The molecule has 0 bridgehead atoms. The van der Waals surface area contributed by atoms with E-state index in [9.17, 15) is 9.59 Å². The first-order valence-electron chi connectivity index (χ1n) is 9.78. The Bertz CT molecular complexity index is 1070. The molecular formula is C24H20Cl3NO4. The van der Waals surface area contributed by atoms with E-state index in [-0.39, 0.29) is 25.7 Å². The average Bonchev–Trinajstić information content (AvgIpc) is 2.79. The van der Waals surface area contributed by atoms with Crippen molar-refractivity contribution in [1.82, 2.24) is 0 Å². The number of ether oxygens (including phenoxy) is 2. The van der Waals surface area contributed by atoms with Crippen molar-refractivity contribution >= 4 is 52.4 Å². The predicted octanol–water partition coefficient (Wildman–Crippen LogP) is 6.44. The highest BCUT2D eigenvalue weighted by Gasteiger charge is 2.20. The van der Waals surface area contributed by atoms with Crippen molar-refractivity contribution in [1.29, 1.82) is 0 Å². The number of halogens is 3. The Balaban J connectivity index is 1.85. The van der Waals surface area contributed by atoms with E-state index in [1.54, 1.807) is 73.7 Å². The van der Waals surface area contributed by atoms with E-state index in [0.717, 1.165) is 0 Å². The quantitative estimate of drug-likeness (QED) is 0.340. The van der Waals surface area contributed by atoms with Gasteiger partial charge in [0.05, 0.1) is 18.7 Å². The highest BCUT2D eigenvalue weighted by Crippen LogP contribution is 2.28. The second-order valence-electron chi connectivity index (χ2n) is 6.69. The largest absolute Gasteiger partial charge is 0.484 e. The van der Waals surface area contributed by atoms with E-state index in [1.807, 2.05) is 0 Å². The topological polar surface area (TPSA) is 55.8 Å². The molecule has 0 fully saturated rings. The van der Waals surface area contributed by atoms with Crippen molar-refractivity contribution in [3.8, 4) is 5.75 Å². The summed E-state index contributed by atoms with van der Waals surface area (Å²) < 4.78 is 10.6. The third kappa shape index (κ3) is 6.16. The van der Waals surface area contributed by atoms with Gasteiger partial charge >= 0.3 is 5.97 Å². The summed E-state index contributed by atoms with van der Waals surface area (Å²) in [4.78, 5) is 26.6. The van der Waals surface area contributed by atoms with Crippen LogP contribution in [-0.4, -0.2) is 25.1 Å². The van der Waals surface area contributed by atoms with Crippen molar-refractivity contribution in [2.45, 2.75) is 13.5 Å². The lowest BCUT2D eigenvalue weighted by Gasteiger charge is -2.24. The highest BCUT2D eigenvalue weighted by atomic mass is 35.5. The first kappa shape index (κ1) is 23.9. The van der Waals surface area contributed by atoms with Gasteiger partial charge in [-0.25, -0.2) is 4.79 Å². The van der Waals surface area contributed by atoms with E-state index in [0.29, 0.717) is 37.6 Å². The van der Waals surface area contributed by atoms with Crippen LogP contribution in [0, 0.1) is 0 Å². The molecule has 3 aromatic rings. The molecule has 0 heterocycles. The number of hydrogen-bond donors (Lipinski definition) is 0. The Morgan fingerprint density at radius 2 is 1.50 bits per heavy atom. The summed E-state index contributed by atoms with van der Waals surface area (Å²) >= 11 is 18.5. The molecule has 0 N–H and O–H groups in total. The number of carbonyl (C=O) groups excluding carboxylic acids is 2. The molecular weight excluding hydrogens is 473 g/mol. The van der Waals surface area contributed by atoms with Crippen LogP contribution >= 0.6 is 34.8 Å². The van der Waals surface area contributed by atoms with Crippen molar-refractivity contribution < 1.29 is 19.1 Å². The summed E-state index contributed by atoms with van der Waals surface area (Å²) in [6.45, 7) is 1.92. The fraction of sp³-hybridized carbons (Fsp3) is 0.167. The smallest absolute Gasteiger partial charge is 0.338 e. The molecule has 0 atom stereocenters. The molecule has 0 spiro atoms. The number of hydrogen-bond acceptors (Lipinski definition) is 4. The number of esters is 1. The van der Waals surface area contributed by atoms with Gasteiger partial charge in [0.2, 0.25) is 0 Å². The molecule has 0 aliphatic carbocycles. The summed E-state index contributed by atoms with van der Waals surface area (Å²) in [5.74, 6) is -0.242. The lowest BCUT2D eigenvalue weighted by Crippen LogP contribution is -2.34. The van der Waals surface area contributed by atoms with Crippen molar-refractivity contribution in [3.05, 3.63) is 92.9 Å². The van der Waals surface area contributed by atoms with Crippen LogP contribution in [0.25, 0.3) is 0 Å². The van der Waals surface area contributed by atoms with Gasteiger partial charge in [-0.3, -0.25) is 4.79 Å². The molecule has 8 heteroatoms. The van der Waals surface area contributed by atoms with Crippen LogP contribution in [0.3, 0.4) is 0 Å². The minimum absolute atomic E-state index is 0.125. The molecule has 0 aromatic heterocycles. The average molecular weight is 493 g/mol. The lowest BCUT2D eigenvalue weighted by atomic mass is 10.1. The number of anilines is 1. The van der Waals surface area contributed by atoms with Crippen molar-refractivity contribution in [2.75, 3.05) is 18.1 Å². The second-order valence-corrected chi connectivity index (χ2v) is 7.94. The summed E-state index contributed by atoms with van der Waals surface area (Å²) in [5.41, 5.74) is 1.54. The van der Waals surface area contributed by atoms with Gasteiger partial charge in [-0.2, -0.15) is 0 Å². The predicted molar refractivity (Wildman–Crippen MR) is 127 cm³/mol. The number of benzene rings is 3. The van der Waals surface area contributed by atoms with Crippen LogP contribution < -0.4 is 9.64 Å². The van der Waals surface area contributed by atoms with Gasteiger partial charge in [-0.15, -0.1) is 0 Å². The van der Waals surface area contributed by atoms with E-state index in [4.69, 9.17) is 44.3 Å². The maximum absolute atomic E-state index is 13.1. The Hall–Kier alpha value is -2.73. The van der Waals surface area contributed by atoms with Gasteiger partial charge in [-0.1, -0.05) is 40.9 Å². The second kappa shape index (κ2) is 11.2. The molecule has 1 amide bonds. The normalized spacial score (nSPS) is 10.5. The molecule has 0 aliphatic heterocycles. The fourth-order valence-electron chi connectivity index (χ4n) is 2.91. The maximum atomic E-state index is 13.1. The van der Waals surface area contributed by atoms with E-state index < -0.39 is 5.97 Å². The van der Waals surface area contributed by atoms with Crippen LogP contribution in [0.15, 0.2) is 66.7 Å². The standard InChI is InChI=1S/C24H20Cl3NO4/c1-2-31-24(30)16-6-10-18(11-7-16)28(14-20-21(26)4-3-5-22(20)27)23(29)15-32-19-12-8-17(25)9-13-19/h3-13H,2,14-15H2,1H3. The van der Waals surface area contributed by atoms with Crippen molar-refractivity contribution in [3.63, 3.8) is 0 Å². The zero-order valence-electron chi connectivity index (χ0n) is 17.2. The third-order valence-corrected chi connectivity index (χ3v) is 5.51. The summed E-state index contributed by atoms with van der Waals surface area (Å²) in [7, 11) is 0. The first-order chi connectivity index (χ1) is 15.4. The first-order valence-corrected chi connectivity index (χ1v) is 10.9. The molecule has 0 unspecified atom stereocenters. The molecule has 3 aromatic carbocycles. The van der Waals surface area contributed by atoms with Gasteiger partial charge in [0.25, 0.3) is 5.91 Å². The zero-order chi connectivity index (χ0) is 23.1. The molecule has 32 heavy (non-hydrogen) atoms. The van der Waals surface area contributed by atoms with E-state index in [2.05, 4.69) is 0 Å². The molecule has 5 nitrogen and oxygen atoms in total. The van der Waals surface area contributed by atoms with Crippen molar-refractivity contribution in [2.24, 2.45) is 0 Å². The van der Waals surface area contributed by atoms with Gasteiger partial charge < -0.3 is 14.4 Å². The summed E-state index contributed by atoms with van der Waals surface area (Å²) in [5, 5.41) is 1.45. The number of amides is 1. The Morgan fingerprint density at radius 1 is 0.875 bits per heavy atom. The fourth-order valence-corrected chi connectivity index (χ4v) is 3.55. The Morgan fingerprint density at radius 3 is 2.09 bits per heavy atom. The molecule has 0 saturated heterocycles. The monoisotopic (exact) mass is 491 g/mol. The highest BCUT2D eigenvalue weighted by molar-refractivity contribution is 6.36. The number of nitrogens with zero attached hydrogens (tertiary/aromatic N) is 1. The number of carbonyl (C=O) groups is 2. The molecule has 3 rings (SSSR count).